The quantitative estimate of drug-likeness (QED) is 0.842. The van der Waals surface area contributed by atoms with Crippen LogP contribution in [-0.4, -0.2) is 54.9 Å². The summed E-state index contributed by atoms with van der Waals surface area (Å²) in [6.45, 7) is 5.80. The molecule has 1 atom stereocenters. The molecule has 1 unspecified atom stereocenters. The minimum atomic E-state index is -3.18. The van der Waals surface area contributed by atoms with E-state index in [1.807, 2.05) is 24.8 Å². The summed E-state index contributed by atoms with van der Waals surface area (Å²) in [6, 6.07) is 1.95. The molecular weight excluding hydrogens is 304 g/mol. The van der Waals surface area contributed by atoms with Gasteiger partial charge < -0.3 is 4.90 Å². The van der Waals surface area contributed by atoms with Gasteiger partial charge in [-0.1, -0.05) is 0 Å². The van der Waals surface area contributed by atoms with Crippen molar-refractivity contribution in [3.63, 3.8) is 0 Å². The number of likely N-dealkylation sites (tertiary alicyclic amines) is 1. The zero-order valence-electron chi connectivity index (χ0n) is 13.4. The molecule has 0 radical (unpaired) electrons. The van der Waals surface area contributed by atoms with E-state index in [9.17, 15) is 13.2 Å². The third-order valence-electron chi connectivity index (χ3n) is 3.89. The smallest absolute Gasteiger partial charge is 0.244 e. The molecule has 0 spiro atoms. The summed E-state index contributed by atoms with van der Waals surface area (Å²) >= 11 is 0. The highest BCUT2D eigenvalue weighted by Crippen LogP contribution is 2.16. The molecule has 0 saturated carbocycles. The van der Waals surface area contributed by atoms with Crippen LogP contribution in [0.1, 0.15) is 24.2 Å². The third-order valence-corrected chi connectivity index (χ3v) is 4.59. The Bertz CT molecular complexity index is 639. The second kappa shape index (κ2) is 6.78. The second-order valence-corrected chi connectivity index (χ2v) is 7.89. The highest BCUT2D eigenvalue weighted by atomic mass is 32.2. The second-order valence-electron chi connectivity index (χ2n) is 6.05. The van der Waals surface area contributed by atoms with Gasteiger partial charge in [0.05, 0.1) is 11.9 Å². The van der Waals surface area contributed by atoms with Gasteiger partial charge in [-0.05, 0) is 38.7 Å². The summed E-state index contributed by atoms with van der Waals surface area (Å²) in [4.78, 5) is 14.2. The van der Waals surface area contributed by atoms with Gasteiger partial charge in [-0.25, -0.2) is 13.1 Å². The van der Waals surface area contributed by atoms with Crippen molar-refractivity contribution in [3.8, 4) is 0 Å². The van der Waals surface area contributed by atoms with Crippen LogP contribution < -0.4 is 4.72 Å². The van der Waals surface area contributed by atoms with Crippen LogP contribution in [-0.2, 0) is 21.4 Å². The average Bonchev–Trinajstić information content (AvgIpc) is 2.74. The first-order valence-electron chi connectivity index (χ1n) is 7.48. The average molecular weight is 328 g/mol. The van der Waals surface area contributed by atoms with Crippen LogP contribution in [0.3, 0.4) is 0 Å². The molecule has 1 saturated heterocycles. The van der Waals surface area contributed by atoms with Gasteiger partial charge in [0, 0.05) is 25.3 Å². The number of hydrogen-bond acceptors (Lipinski definition) is 4. The molecule has 7 nitrogen and oxygen atoms in total. The van der Waals surface area contributed by atoms with E-state index in [-0.39, 0.29) is 18.4 Å². The van der Waals surface area contributed by atoms with E-state index in [1.54, 1.807) is 4.68 Å². The van der Waals surface area contributed by atoms with Crippen LogP contribution in [0.15, 0.2) is 6.07 Å². The number of sulfonamides is 1. The molecule has 1 N–H and O–H groups in total. The molecule has 1 amide bonds. The van der Waals surface area contributed by atoms with Crippen molar-refractivity contribution < 1.29 is 13.2 Å². The summed E-state index contributed by atoms with van der Waals surface area (Å²) < 4.78 is 26.6. The molecule has 1 fully saturated rings. The van der Waals surface area contributed by atoms with E-state index >= 15 is 0 Å². The van der Waals surface area contributed by atoms with Crippen LogP contribution in [0, 0.1) is 19.8 Å². The fourth-order valence-corrected chi connectivity index (χ4v) is 3.33. The Morgan fingerprint density at radius 3 is 2.77 bits per heavy atom. The number of carbonyl (C=O) groups excluding carboxylic acids is 1. The van der Waals surface area contributed by atoms with Crippen molar-refractivity contribution >= 4 is 15.9 Å². The number of aryl methyl sites for hydroxylation is 2. The fourth-order valence-electron chi connectivity index (χ4n) is 2.79. The molecule has 0 aliphatic carbocycles. The van der Waals surface area contributed by atoms with Gasteiger partial charge in [-0.3, -0.25) is 9.48 Å². The monoisotopic (exact) mass is 328 g/mol. The predicted octanol–water partition coefficient (Wildman–Crippen LogP) is 0.288. The van der Waals surface area contributed by atoms with E-state index in [0.29, 0.717) is 13.1 Å². The number of amides is 1. The number of nitrogens with one attached hydrogen (secondary N) is 1. The maximum absolute atomic E-state index is 12.4. The Labute approximate surface area is 131 Å². The van der Waals surface area contributed by atoms with E-state index in [4.69, 9.17) is 0 Å². The van der Waals surface area contributed by atoms with Crippen molar-refractivity contribution in [2.24, 2.45) is 5.92 Å². The topological polar surface area (TPSA) is 84.3 Å². The highest BCUT2D eigenvalue weighted by Gasteiger charge is 2.24. The molecule has 1 aromatic rings. The lowest BCUT2D eigenvalue weighted by molar-refractivity contribution is -0.133. The lowest BCUT2D eigenvalue weighted by atomic mass is 9.98. The summed E-state index contributed by atoms with van der Waals surface area (Å²) in [6.07, 6.45) is 2.99. The van der Waals surface area contributed by atoms with Crippen molar-refractivity contribution in [3.05, 3.63) is 17.5 Å². The normalized spacial score (nSPS) is 19.4. The Kier molecular flexibility index (Phi) is 5.23. The number of hydrogen-bond donors (Lipinski definition) is 1. The number of rotatable bonds is 5. The van der Waals surface area contributed by atoms with E-state index in [2.05, 4.69) is 9.82 Å². The molecule has 1 aliphatic rings. The minimum absolute atomic E-state index is 0.0373. The predicted molar refractivity (Wildman–Crippen MR) is 83.9 cm³/mol. The van der Waals surface area contributed by atoms with Gasteiger partial charge in [0.2, 0.25) is 15.9 Å². The van der Waals surface area contributed by atoms with E-state index in [0.717, 1.165) is 37.0 Å². The number of carbonyl (C=O) groups is 1. The van der Waals surface area contributed by atoms with Crippen molar-refractivity contribution in [1.82, 2.24) is 19.4 Å². The molecule has 1 aromatic heterocycles. The first-order chi connectivity index (χ1) is 10.2. The molecule has 2 heterocycles. The lowest BCUT2D eigenvalue weighted by Crippen LogP contribution is -2.44. The SMILES string of the molecule is Cc1cc(C)n(CC(=O)N2CCCC(CNS(C)(=O)=O)C2)n1. The van der Waals surface area contributed by atoms with Crippen molar-refractivity contribution in [1.29, 1.82) is 0 Å². The molecule has 1 aliphatic heterocycles. The number of aromatic nitrogens is 2. The number of nitrogens with zero attached hydrogens (tertiary/aromatic N) is 3. The maximum atomic E-state index is 12.4. The molecule has 22 heavy (non-hydrogen) atoms. The molecule has 0 bridgehead atoms. The Morgan fingerprint density at radius 2 is 2.18 bits per heavy atom. The van der Waals surface area contributed by atoms with Gasteiger partial charge in [-0.15, -0.1) is 0 Å². The first-order valence-corrected chi connectivity index (χ1v) is 9.37. The molecule has 8 heteroatoms. The zero-order chi connectivity index (χ0) is 16.3. The van der Waals surface area contributed by atoms with Gasteiger partial charge >= 0.3 is 0 Å². The molecule has 2 rings (SSSR count). The largest absolute Gasteiger partial charge is 0.341 e. The van der Waals surface area contributed by atoms with Crippen LogP contribution in [0.5, 0.6) is 0 Å². The van der Waals surface area contributed by atoms with Crippen molar-refractivity contribution in [2.75, 3.05) is 25.9 Å². The molecular formula is C14H24N4O3S. The Balaban J connectivity index is 1.91. The third kappa shape index (κ3) is 4.81. The molecule has 124 valence electrons. The lowest BCUT2D eigenvalue weighted by Gasteiger charge is -2.32. The summed E-state index contributed by atoms with van der Waals surface area (Å²) in [5, 5.41) is 4.31. The van der Waals surface area contributed by atoms with E-state index in [1.165, 1.54) is 0 Å². The number of piperidine rings is 1. The Hall–Kier alpha value is -1.41. The highest BCUT2D eigenvalue weighted by molar-refractivity contribution is 7.88. The van der Waals surface area contributed by atoms with Gasteiger partial charge in [0.25, 0.3) is 0 Å². The van der Waals surface area contributed by atoms with Crippen LogP contribution >= 0.6 is 0 Å². The summed E-state index contributed by atoms with van der Waals surface area (Å²) in [7, 11) is -3.18. The van der Waals surface area contributed by atoms with Crippen LogP contribution in [0.4, 0.5) is 0 Å². The standard InChI is InChI=1S/C14H24N4O3S/c1-11-7-12(2)18(16-11)10-14(19)17-6-4-5-13(9-17)8-15-22(3,20)21/h7,13,15H,4-6,8-10H2,1-3H3. The molecule has 0 aromatic carbocycles. The van der Waals surface area contributed by atoms with Gasteiger partial charge in [0.1, 0.15) is 6.54 Å². The summed E-state index contributed by atoms with van der Waals surface area (Å²) in [5.41, 5.74) is 1.87. The first kappa shape index (κ1) is 17.0. The van der Waals surface area contributed by atoms with Crippen LogP contribution in [0.25, 0.3) is 0 Å². The Morgan fingerprint density at radius 1 is 1.45 bits per heavy atom. The minimum Gasteiger partial charge on any atom is -0.341 e. The van der Waals surface area contributed by atoms with Crippen molar-refractivity contribution in [2.45, 2.75) is 33.2 Å². The summed E-state index contributed by atoms with van der Waals surface area (Å²) in [5.74, 6) is 0.211. The zero-order valence-corrected chi connectivity index (χ0v) is 14.2. The van der Waals surface area contributed by atoms with Gasteiger partial charge in [0.15, 0.2) is 0 Å². The van der Waals surface area contributed by atoms with Crippen LogP contribution in [0.2, 0.25) is 0 Å². The maximum Gasteiger partial charge on any atom is 0.244 e. The van der Waals surface area contributed by atoms with Gasteiger partial charge in [-0.2, -0.15) is 5.10 Å². The fraction of sp³-hybridized carbons (Fsp3) is 0.714. The van der Waals surface area contributed by atoms with E-state index < -0.39 is 10.0 Å².